The fourth-order valence-corrected chi connectivity index (χ4v) is 4.59. The van der Waals surface area contributed by atoms with Crippen molar-refractivity contribution in [2.45, 2.75) is 26.2 Å². The molecule has 25 heavy (non-hydrogen) atoms. The Hall–Kier alpha value is -1.92. The number of benzene rings is 1. The SMILES string of the molecule is Cc1nc(-c2ccccc2)c(NC(=O)OCC23CCN(CC2)CC3)s1. The van der Waals surface area contributed by atoms with Gasteiger partial charge in [0.2, 0.25) is 0 Å². The van der Waals surface area contributed by atoms with Gasteiger partial charge < -0.3 is 9.64 Å². The molecule has 0 unspecified atom stereocenters. The van der Waals surface area contributed by atoms with Gasteiger partial charge in [-0.05, 0) is 45.8 Å². The number of aryl methyl sites for hydroxylation is 1. The van der Waals surface area contributed by atoms with Gasteiger partial charge in [0.25, 0.3) is 0 Å². The Morgan fingerprint density at radius 2 is 1.92 bits per heavy atom. The van der Waals surface area contributed by atoms with E-state index in [0.717, 1.165) is 60.2 Å². The van der Waals surface area contributed by atoms with Crippen molar-refractivity contribution in [3.63, 3.8) is 0 Å². The number of nitrogens with zero attached hydrogens (tertiary/aromatic N) is 2. The van der Waals surface area contributed by atoms with Gasteiger partial charge in [-0.15, -0.1) is 11.3 Å². The number of amides is 1. The normalized spacial score (nSPS) is 24.9. The molecule has 0 spiro atoms. The Labute approximate surface area is 152 Å². The Kier molecular flexibility index (Phi) is 4.48. The number of ether oxygens (including phenoxy) is 1. The van der Waals surface area contributed by atoms with Crippen LogP contribution in [0.2, 0.25) is 0 Å². The molecule has 2 aromatic rings. The molecule has 1 N–H and O–H groups in total. The van der Waals surface area contributed by atoms with Crippen LogP contribution < -0.4 is 5.32 Å². The van der Waals surface area contributed by atoms with Crippen molar-refractivity contribution >= 4 is 22.4 Å². The lowest BCUT2D eigenvalue weighted by Crippen LogP contribution is -2.50. The molecule has 6 heteroatoms. The minimum atomic E-state index is -0.372. The van der Waals surface area contributed by atoms with Crippen molar-refractivity contribution in [1.29, 1.82) is 0 Å². The van der Waals surface area contributed by atoms with Gasteiger partial charge in [-0.25, -0.2) is 9.78 Å². The highest BCUT2D eigenvalue weighted by molar-refractivity contribution is 7.16. The lowest BCUT2D eigenvalue weighted by Gasteiger charge is -2.47. The number of nitrogens with one attached hydrogen (secondary N) is 1. The molecule has 3 saturated heterocycles. The number of hydrogen-bond donors (Lipinski definition) is 1. The first kappa shape index (κ1) is 16.5. The van der Waals surface area contributed by atoms with Crippen molar-refractivity contribution in [3.8, 4) is 11.3 Å². The van der Waals surface area contributed by atoms with Crippen molar-refractivity contribution in [2.75, 3.05) is 31.6 Å². The quantitative estimate of drug-likeness (QED) is 0.893. The van der Waals surface area contributed by atoms with Crippen LogP contribution in [0.25, 0.3) is 11.3 Å². The average Bonchev–Trinajstić information content (AvgIpc) is 3.02. The summed E-state index contributed by atoms with van der Waals surface area (Å²) in [7, 11) is 0. The van der Waals surface area contributed by atoms with Crippen LogP contribution in [0.4, 0.5) is 9.80 Å². The van der Waals surface area contributed by atoms with Gasteiger partial charge in [-0.1, -0.05) is 30.3 Å². The zero-order valence-electron chi connectivity index (χ0n) is 14.5. The maximum Gasteiger partial charge on any atom is 0.412 e. The number of thiazole rings is 1. The highest BCUT2D eigenvalue weighted by atomic mass is 32.1. The van der Waals surface area contributed by atoms with Crippen LogP contribution in [0.15, 0.2) is 30.3 Å². The van der Waals surface area contributed by atoms with E-state index in [-0.39, 0.29) is 11.5 Å². The Morgan fingerprint density at radius 1 is 1.24 bits per heavy atom. The van der Waals surface area contributed by atoms with Gasteiger partial charge in [0.15, 0.2) is 0 Å². The van der Waals surface area contributed by atoms with E-state index < -0.39 is 0 Å². The molecule has 0 saturated carbocycles. The summed E-state index contributed by atoms with van der Waals surface area (Å²) in [5, 5.41) is 4.59. The van der Waals surface area contributed by atoms with E-state index >= 15 is 0 Å². The molecule has 5 nitrogen and oxygen atoms in total. The van der Waals surface area contributed by atoms with Gasteiger partial charge in [-0.2, -0.15) is 0 Å². The van der Waals surface area contributed by atoms with Crippen LogP contribution >= 0.6 is 11.3 Å². The first-order valence-corrected chi connectivity index (χ1v) is 9.64. The van der Waals surface area contributed by atoms with E-state index in [0.29, 0.717) is 6.61 Å². The van der Waals surface area contributed by atoms with Gasteiger partial charge in [-0.3, -0.25) is 5.32 Å². The summed E-state index contributed by atoms with van der Waals surface area (Å²) < 4.78 is 5.61. The number of carbonyl (C=O) groups is 1. The standard InChI is InChI=1S/C19H23N3O2S/c1-14-20-16(15-5-3-2-4-6-15)17(25-14)21-18(23)24-13-19-7-10-22(11-8-19)12-9-19/h2-6H,7-13H2,1H3,(H,21,23). The summed E-state index contributed by atoms with van der Waals surface area (Å²) in [6, 6.07) is 9.92. The third-order valence-corrected chi connectivity index (χ3v) is 6.27. The fourth-order valence-electron chi connectivity index (χ4n) is 3.76. The smallest absolute Gasteiger partial charge is 0.412 e. The number of anilines is 1. The van der Waals surface area contributed by atoms with Crippen LogP contribution in [0.1, 0.15) is 24.3 Å². The number of rotatable bonds is 4. The van der Waals surface area contributed by atoms with E-state index in [1.165, 1.54) is 11.3 Å². The monoisotopic (exact) mass is 357 g/mol. The number of aromatic nitrogens is 1. The molecule has 3 fully saturated rings. The van der Waals surface area contributed by atoms with E-state index in [4.69, 9.17) is 4.74 Å². The first-order valence-electron chi connectivity index (χ1n) is 8.83. The van der Waals surface area contributed by atoms with Crippen LogP contribution in [0, 0.1) is 12.3 Å². The predicted molar refractivity (Wildman–Crippen MR) is 100.0 cm³/mol. The molecular weight excluding hydrogens is 334 g/mol. The zero-order valence-corrected chi connectivity index (χ0v) is 15.3. The molecule has 4 heterocycles. The van der Waals surface area contributed by atoms with Gasteiger partial charge >= 0.3 is 6.09 Å². The summed E-state index contributed by atoms with van der Waals surface area (Å²) in [6.45, 7) is 5.87. The first-order chi connectivity index (χ1) is 12.1. The third kappa shape index (κ3) is 3.55. The molecule has 0 radical (unpaired) electrons. The largest absolute Gasteiger partial charge is 0.449 e. The van der Waals surface area contributed by atoms with E-state index in [9.17, 15) is 4.79 Å². The Morgan fingerprint density at radius 3 is 2.60 bits per heavy atom. The van der Waals surface area contributed by atoms with Crippen LogP contribution in [-0.2, 0) is 4.74 Å². The van der Waals surface area contributed by atoms with E-state index in [1.807, 2.05) is 37.3 Å². The second-order valence-electron chi connectivity index (χ2n) is 7.07. The summed E-state index contributed by atoms with van der Waals surface area (Å²) in [6.07, 6.45) is 3.03. The second kappa shape index (κ2) is 6.77. The molecule has 1 aromatic carbocycles. The van der Waals surface area contributed by atoms with E-state index in [1.54, 1.807) is 0 Å². The van der Waals surface area contributed by atoms with Crippen molar-refractivity contribution < 1.29 is 9.53 Å². The molecular formula is C19H23N3O2S. The molecule has 2 bridgehead atoms. The lowest BCUT2D eigenvalue weighted by atomic mass is 9.73. The minimum Gasteiger partial charge on any atom is -0.449 e. The molecule has 3 aliphatic rings. The summed E-state index contributed by atoms with van der Waals surface area (Å²) >= 11 is 1.48. The predicted octanol–water partition coefficient (Wildman–Crippen LogP) is 4.15. The molecule has 1 amide bonds. The Bertz CT molecular complexity index is 738. The number of hydrogen-bond acceptors (Lipinski definition) is 5. The minimum absolute atomic E-state index is 0.192. The summed E-state index contributed by atoms with van der Waals surface area (Å²) in [4.78, 5) is 19.4. The number of piperidine rings is 3. The highest BCUT2D eigenvalue weighted by Crippen LogP contribution is 2.40. The molecule has 3 aliphatic heterocycles. The molecule has 132 valence electrons. The molecule has 0 aliphatic carbocycles. The van der Waals surface area contributed by atoms with Crippen LogP contribution in [0.5, 0.6) is 0 Å². The van der Waals surface area contributed by atoms with Gasteiger partial charge in [0.05, 0.1) is 11.6 Å². The van der Waals surface area contributed by atoms with Crippen molar-refractivity contribution in [1.82, 2.24) is 9.88 Å². The maximum absolute atomic E-state index is 12.4. The fraction of sp³-hybridized carbons (Fsp3) is 0.474. The molecule has 1 aromatic heterocycles. The second-order valence-corrected chi connectivity index (χ2v) is 8.27. The number of fused-ring (bicyclic) bond motifs is 3. The van der Waals surface area contributed by atoms with Crippen LogP contribution in [0.3, 0.4) is 0 Å². The molecule has 0 atom stereocenters. The zero-order chi connectivity index (χ0) is 17.3. The average molecular weight is 357 g/mol. The lowest BCUT2D eigenvalue weighted by molar-refractivity contribution is -0.0189. The Balaban J connectivity index is 1.41. The van der Waals surface area contributed by atoms with E-state index in [2.05, 4.69) is 15.2 Å². The topological polar surface area (TPSA) is 54.5 Å². The number of carbonyl (C=O) groups excluding carboxylic acids is 1. The maximum atomic E-state index is 12.4. The third-order valence-electron chi connectivity index (χ3n) is 5.38. The summed E-state index contributed by atoms with van der Waals surface area (Å²) in [5.41, 5.74) is 2.00. The van der Waals surface area contributed by atoms with Crippen molar-refractivity contribution in [3.05, 3.63) is 35.3 Å². The van der Waals surface area contributed by atoms with Crippen molar-refractivity contribution in [2.24, 2.45) is 5.41 Å². The van der Waals surface area contributed by atoms with Gasteiger partial charge in [0, 0.05) is 11.0 Å². The van der Waals surface area contributed by atoms with Crippen LogP contribution in [-0.4, -0.2) is 42.2 Å². The highest BCUT2D eigenvalue weighted by Gasteiger charge is 2.40. The summed E-state index contributed by atoms with van der Waals surface area (Å²) in [5.74, 6) is 0. The van der Waals surface area contributed by atoms with Gasteiger partial charge in [0.1, 0.15) is 10.7 Å². The molecule has 5 rings (SSSR count).